The molecule has 0 atom stereocenters. The molecule has 15 heteroatoms. The molecule has 254 valence electrons. The highest BCUT2D eigenvalue weighted by Crippen LogP contribution is 2.35. The summed E-state index contributed by atoms with van der Waals surface area (Å²) < 4.78 is 0. The molecule has 49 heavy (non-hydrogen) atoms. The predicted octanol–water partition coefficient (Wildman–Crippen LogP) is 4.77. The first-order valence-electron chi connectivity index (χ1n) is 15.5. The second-order valence-electron chi connectivity index (χ2n) is 12.1. The van der Waals surface area contributed by atoms with Crippen LogP contribution < -0.4 is 0 Å². The number of carbonyl (C=O) groups is 4. The smallest absolute Gasteiger partial charge is 0.270 e. The maximum Gasteiger partial charge on any atom is 0.270 e. The van der Waals surface area contributed by atoms with Crippen LogP contribution >= 0.6 is 12.4 Å². The third-order valence-electron chi connectivity index (χ3n) is 8.95. The number of likely N-dealkylation sites (N-methyl/N-ethyl adjacent to an activating group) is 2. The number of amides is 4. The van der Waals surface area contributed by atoms with Gasteiger partial charge in [-0.05, 0) is 62.9 Å². The summed E-state index contributed by atoms with van der Waals surface area (Å²) >= 11 is 0. The van der Waals surface area contributed by atoms with E-state index in [1.54, 1.807) is 36.4 Å². The van der Waals surface area contributed by atoms with Gasteiger partial charge in [0.25, 0.3) is 35.0 Å². The first-order chi connectivity index (χ1) is 23.0. The Kier molecular flexibility index (Phi) is 10.0. The first kappa shape index (κ1) is 35.0. The van der Waals surface area contributed by atoms with E-state index in [-0.39, 0.29) is 48.0 Å². The number of hydrogen-bond acceptors (Lipinski definition) is 10. The standard InChI is InChI=1S/C34H32N6O8.ClH/c1-35(11-5-13-37-31(41)25-9-3-7-21-17-23(39(45)46)19-27(29(21)25)33(37)43)15-16-36(2)12-6-14-38-32(42)26-10-4-8-22-18-24(40(47)48)20-28(30(22)26)34(38)44;/h3-4,7-10,17-20H,5-6,11-16H2,1-2H3;1H. The largest absolute Gasteiger partial charge is 0.305 e. The maximum absolute atomic E-state index is 13.3. The van der Waals surface area contributed by atoms with Gasteiger partial charge >= 0.3 is 0 Å². The quantitative estimate of drug-likeness (QED) is 0.108. The van der Waals surface area contributed by atoms with Crippen molar-refractivity contribution in [1.82, 2.24) is 19.6 Å². The summed E-state index contributed by atoms with van der Waals surface area (Å²) in [5.41, 5.74) is 0.596. The van der Waals surface area contributed by atoms with Crippen LogP contribution in [0.15, 0.2) is 60.7 Å². The predicted molar refractivity (Wildman–Crippen MR) is 183 cm³/mol. The van der Waals surface area contributed by atoms with Gasteiger partial charge in [-0.2, -0.15) is 0 Å². The second kappa shape index (κ2) is 14.0. The highest BCUT2D eigenvalue weighted by Gasteiger charge is 2.35. The van der Waals surface area contributed by atoms with E-state index in [9.17, 15) is 39.4 Å². The molecule has 6 rings (SSSR count). The van der Waals surface area contributed by atoms with Gasteiger partial charge < -0.3 is 9.80 Å². The summed E-state index contributed by atoms with van der Waals surface area (Å²) in [5, 5.41) is 24.7. The Bertz CT molecular complexity index is 1910. The van der Waals surface area contributed by atoms with Crippen molar-refractivity contribution in [3.05, 3.63) is 103 Å². The minimum absolute atomic E-state index is 0. The van der Waals surface area contributed by atoms with E-state index < -0.39 is 33.5 Å². The molecular weight excluding hydrogens is 656 g/mol. The molecule has 2 aliphatic rings. The van der Waals surface area contributed by atoms with Crippen LogP contribution in [0.4, 0.5) is 11.4 Å². The monoisotopic (exact) mass is 688 g/mol. The molecule has 14 nitrogen and oxygen atoms in total. The van der Waals surface area contributed by atoms with Gasteiger partial charge in [0.05, 0.1) is 21.0 Å². The fourth-order valence-electron chi connectivity index (χ4n) is 6.46. The lowest BCUT2D eigenvalue weighted by Gasteiger charge is -2.28. The molecule has 4 aromatic rings. The van der Waals surface area contributed by atoms with Crippen LogP contribution in [0.2, 0.25) is 0 Å². The average molecular weight is 689 g/mol. The van der Waals surface area contributed by atoms with Crippen LogP contribution in [-0.4, -0.2) is 106 Å². The van der Waals surface area contributed by atoms with E-state index >= 15 is 0 Å². The van der Waals surface area contributed by atoms with Crippen LogP contribution in [0.1, 0.15) is 54.3 Å². The highest BCUT2D eigenvalue weighted by molar-refractivity contribution is 6.26. The number of halogens is 1. The third kappa shape index (κ3) is 6.57. The minimum Gasteiger partial charge on any atom is -0.305 e. The molecule has 4 amide bonds. The Morgan fingerprint density at radius 3 is 1.31 bits per heavy atom. The SMILES string of the molecule is CN(CCCN1C(=O)c2cccc3cc([N+](=O)[O-])cc(c23)C1=O)CCN(C)CCCN1C(=O)c2cccc3cc([N+](=O)[O-])cc(c23)C1=O.Cl. The molecular formula is C34H33ClN6O8. The number of rotatable bonds is 13. The lowest BCUT2D eigenvalue weighted by atomic mass is 9.93. The van der Waals surface area contributed by atoms with Gasteiger partial charge in [-0.3, -0.25) is 49.2 Å². The Morgan fingerprint density at radius 1 is 0.571 bits per heavy atom. The van der Waals surface area contributed by atoms with Crippen LogP contribution in [0.25, 0.3) is 21.5 Å². The number of benzene rings is 4. The van der Waals surface area contributed by atoms with Gasteiger partial charge in [0.2, 0.25) is 0 Å². The molecule has 0 fully saturated rings. The van der Waals surface area contributed by atoms with Crippen molar-refractivity contribution in [2.45, 2.75) is 12.8 Å². The van der Waals surface area contributed by atoms with Crippen LogP contribution in [-0.2, 0) is 0 Å². The topological polar surface area (TPSA) is 168 Å². The molecule has 0 unspecified atom stereocenters. The summed E-state index contributed by atoms with van der Waals surface area (Å²) in [6.45, 7) is 2.85. The highest BCUT2D eigenvalue weighted by atomic mass is 35.5. The van der Waals surface area contributed by atoms with E-state index in [2.05, 4.69) is 9.80 Å². The summed E-state index contributed by atoms with van der Waals surface area (Å²) in [4.78, 5) is 81.2. The Hall–Kier alpha value is -5.31. The summed E-state index contributed by atoms with van der Waals surface area (Å²) in [6, 6.07) is 15.1. The maximum atomic E-state index is 13.3. The normalized spacial score (nSPS) is 14.0. The number of carbonyl (C=O) groups excluding carboxylic acids is 4. The molecule has 2 aliphatic heterocycles. The number of hydrogen-bond donors (Lipinski definition) is 0. The Morgan fingerprint density at radius 2 is 0.939 bits per heavy atom. The minimum atomic E-state index is -0.551. The van der Waals surface area contributed by atoms with E-state index in [1.165, 1.54) is 24.3 Å². The molecule has 0 aromatic heterocycles. The number of nitrogens with zero attached hydrogens (tertiary/aromatic N) is 6. The van der Waals surface area contributed by atoms with Crippen molar-refractivity contribution in [3.63, 3.8) is 0 Å². The zero-order valence-corrected chi connectivity index (χ0v) is 27.6. The van der Waals surface area contributed by atoms with Crippen molar-refractivity contribution in [2.24, 2.45) is 0 Å². The molecule has 2 heterocycles. The van der Waals surface area contributed by atoms with Gasteiger partial charge in [-0.25, -0.2) is 0 Å². The number of imide groups is 2. The Balaban J connectivity index is 0.00000468. The lowest BCUT2D eigenvalue weighted by molar-refractivity contribution is -0.384. The third-order valence-corrected chi connectivity index (χ3v) is 8.95. The summed E-state index contributed by atoms with van der Waals surface area (Å²) in [5.74, 6) is -1.92. The van der Waals surface area contributed by atoms with Crippen LogP contribution in [0.3, 0.4) is 0 Å². The molecule has 0 radical (unpaired) electrons. The van der Waals surface area contributed by atoms with Crippen molar-refractivity contribution < 1.29 is 29.0 Å². The fraction of sp³-hybridized carbons (Fsp3) is 0.294. The summed E-state index contributed by atoms with van der Waals surface area (Å²) in [6.07, 6.45) is 1.01. The molecule has 0 saturated carbocycles. The van der Waals surface area contributed by atoms with Gasteiger partial charge in [-0.1, -0.05) is 24.3 Å². The van der Waals surface area contributed by atoms with Crippen molar-refractivity contribution in [2.75, 3.05) is 53.4 Å². The van der Waals surface area contributed by atoms with Gasteiger partial charge in [0, 0.05) is 72.3 Å². The van der Waals surface area contributed by atoms with Crippen molar-refractivity contribution in [3.8, 4) is 0 Å². The lowest BCUT2D eigenvalue weighted by Crippen LogP contribution is -2.42. The molecule has 0 saturated heterocycles. The number of nitro benzene ring substituents is 2. The summed E-state index contributed by atoms with van der Waals surface area (Å²) in [7, 11) is 3.85. The van der Waals surface area contributed by atoms with E-state index in [0.717, 1.165) is 9.80 Å². The Labute approximate surface area is 286 Å². The zero-order chi connectivity index (χ0) is 34.3. The molecule has 4 aromatic carbocycles. The fourth-order valence-corrected chi connectivity index (χ4v) is 6.46. The molecule has 0 N–H and O–H groups in total. The van der Waals surface area contributed by atoms with Crippen LogP contribution in [0, 0.1) is 20.2 Å². The first-order valence-corrected chi connectivity index (χ1v) is 15.5. The molecule has 0 aliphatic carbocycles. The van der Waals surface area contributed by atoms with Crippen LogP contribution in [0.5, 0.6) is 0 Å². The molecule has 0 spiro atoms. The van der Waals surface area contributed by atoms with Crippen molar-refractivity contribution >= 4 is 69.0 Å². The molecule has 0 bridgehead atoms. The van der Waals surface area contributed by atoms with E-state index in [4.69, 9.17) is 0 Å². The number of nitro groups is 2. The zero-order valence-electron chi connectivity index (χ0n) is 26.8. The number of non-ortho nitro benzene ring substituents is 2. The van der Waals surface area contributed by atoms with Crippen molar-refractivity contribution in [1.29, 1.82) is 0 Å². The van der Waals surface area contributed by atoms with Gasteiger partial charge in [0.15, 0.2) is 0 Å². The van der Waals surface area contributed by atoms with E-state index in [0.29, 0.717) is 71.7 Å². The van der Waals surface area contributed by atoms with Gasteiger partial charge in [-0.15, -0.1) is 12.4 Å². The second-order valence-corrected chi connectivity index (χ2v) is 12.1. The van der Waals surface area contributed by atoms with E-state index in [1.807, 2.05) is 14.1 Å². The average Bonchev–Trinajstić information content (AvgIpc) is 3.07. The van der Waals surface area contributed by atoms with Gasteiger partial charge in [0.1, 0.15) is 0 Å².